The van der Waals surface area contributed by atoms with Crippen molar-refractivity contribution in [3.63, 3.8) is 0 Å². The number of halogens is 1. The average molecular weight is 212 g/mol. The van der Waals surface area contributed by atoms with Gasteiger partial charge in [-0.05, 0) is 24.3 Å². The number of hydrogen-bond donors (Lipinski definition) is 0. The molecule has 0 aliphatic heterocycles. The number of hydrogen-bond acceptors (Lipinski definition) is 2. The summed E-state index contributed by atoms with van der Waals surface area (Å²) in [4.78, 5) is 12.4. The van der Waals surface area contributed by atoms with E-state index in [0.29, 0.717) is 0 Å². The summed E-state index contributed by atoms with van der Waals surface area (Å²) in [5, 5.41) is 0.0871. The van der Waals surface area contributed by atoms with Crippen LogP contribution in [0.3, 0.4) is 0 Å². The maximum atomic E-state index is 12.6. The van der Waals surface area contributed by atoms with Crippen molar-refractivity contribution in [2.75, 3.05) is 0 Å². The van der Waals surface area contributed by atoms with Gasteiger partial charge in [0.1, 0.15) is 5.82 Å². The lowest BCUT2D eigenvalue weighted by Crippen LogP contribution is -2.16. The molecule has 0 saturated heterocycles. The van der Waals surface area contributed by atoms with Gasteiger partial charge in [-0.3, -0.25) is 4.79 Å². The summed E-state index contributed by atoms with van der Waals surface area (Å²) >= 11 is 1.15. The van der Waals surface area contributed by atoms with E-state index in [0.717, 1.165) is 16.7 Å². The van der Waals surface area contributed by atoms with Gasteiger partial charge >= 0.3 is 0 Å². The number of carbonyl (C=O) groups excluding carboxylic acids is 1. The van der Waals surface area contributed by atoms with Crippen LogP contribution in [0.4, 0.5) is 4.39 Å². The Kier molecular flexibility index (Phi) is 3.32. The van der Waals surface area contributed by atoms with Crippen LogP contribution in [0.5, 0.6) is 0 Å². The van der Waals surface area contributed by atoms with Crippen molar-refractivity contribution in [1.82, 2.24) is 0 Å². The van der Waals surface area contributed by atoms with Crippen molar-refractivity contribution in [1.29, 1.82) is 0 Å². The third-order valence-corrected chi connectivity index (χ3v) is 2.94. The van der Waals surface area contributed by atoms with E-state index >= 15 is 0 Å². The fraction of sp³-hybridized carbons (Fsp3) is 0.364. The van der Waals surface area contributed by atoms with Crippen LogP contribution in [0.25, 0.3) is 0 Å². The molecule has 0 N–H and O–H groups in total. The second-order valence-electron chi connectivity index (χ2n) is 4.09. The molecule has 1 aromatic rings. The lowest BCUT2D eigenvalue weighted by Gasteiger charge is -2.15. The summed E-state index contributed by atoms with van der Waals surface area (Å²) in [7, 11) is 0. The first-order valence-electron chi connectivity index (χ1n) is 4.37. The number of carbonyl (C=O) groups is 1. The van der Waals surface area contributed by atoms with Gasteiger partial charge in [-0.1, -0.05) is 32.5 Å². The van der Waals surface area contributed by atoms with Crippen LogP contribution in [-0.4, -0.2) is 5.12 Å². The molecule has 0 radical (unpaired) electrons. The highest BCUT2D eigenvalue weighted by molar-refractivity contribution is 8.13. The molecule has 0 spiro atoms. The molecule has 1 rings (SSSR count). The molecule has 0 unspecified atom stereocenters. The first-order valence-corrected chi connectivity index (χ1v) is 5.19. The van der Waals surface area contributed by atoms with Gasteiger partial charge in [0.05, 0.1) is 0 Å². The van der Waals surface area contributed by atoms with E-state index in [4.69, 9.17) is 0 Å². The molecule has 0 bridgehead atoms. The molecule has 0 saturated carbocycles. The first kappa shape index (κ1) is 11.2. The molecule has 0 aromatic heterocycles. The quantitative estimate of drug-likeness (QED) is 0.663. The Labute approximate surface area is 87.7 Å². The van der Waals surface area contributed by atoms with Gasteiger partial charge in [-0.25, -0.2) is 4.39 Å². The van der Waals surface area contributed by atoms with Gasteiger partial charge in [-0.15, -0.1) is 0 Å². The Bertz CT molecular complexity index is 324. The van der Waals surface area contributed by atoms with Crippen LogP contribution in [0.2, 0.25) is 0 Å². The second-order valence-corrected chi connectivity index (χ2v) is 5.14. The zero-order valence-electron chi connectivity index (χ0n) is 8.50. The summed E-state index contributed by atoms with van der Waals surface area (Å²) in [5.74, 6) is -0.280. The van der Waals surface area contributed by atoms with Crippen LogP contribution in [0, 0.1) is 11.2 Å². The van der Waals surface area contributed by atoms with Crippen molar-refractivity contribution in [2.24, 2.45) is 5.41 Å². The predicted molar refractivity (Wildman–Crippen MR) is 56.7 cm³/mol. The number of thioether (sulfide) groups is 1. The zero-order valence-corrected chi connectivity index (χ0v) is 9.32. The maximum absolute atomic E-state index is 12.6. The Morgan fingerprint density at radius 3 is 2.14 bits per heavy atom. The van der Waals surface area contributed by atoms with Crippen molar-refractivity contribution < 1.29 is 9.18 Å². The molecule has 76 valence electrons. The molecule has 0 heterocycles. The Hall–Kier alpha value is -0.830. The van der Waals surface area contributed by atoms with E-state index < -0.39 is 0 Å². The van der Waals surface area contributed by atoms with Crippen LogP contribution in [0.1, 0.15) is 20.8 Å². The van der Waals surface area contributed by atoms with E-state index in [-0.39, 0.29) is 16.3 Å². The summed E-state index contributed by atoms with van der Waals surface area (Å²) in [6.07, 6.45) is 0. The zero-order chi connectivity index (χ0) is 10.8. The SMILES string of the molecule is CC(C)(C)C(=O)Sc1ccc(F)cc1. The topological polar surface area (TPSA) is 17.1 Å². The first-order chi connectivity index (χ1) is 6.39. The Morgan fingerprint density at radius 1 is 1.21 bits per heavy atom. The third kappa shape index (κ3) is 3.14. The van der Waals surface area contributed by atoms with Crippen molar-refractivity contribution in [2.45, 2.75) is 25.7 Å². The molecule has 0 aliphatic carbocycles. The highest BCUT2D eigenvalue weighted by Crippen LogP contribution is 2.28. The van der Waals surface area contributed by atoms with Crippen molar-refractivity contribution in [3.05, 3.63) is 30.1 Å². The summed E-state index contributed by atoms with van der Waals surface area (Å²) in [5.41, 5.74) is -0.362. The molecule has 0 aliphatic rings. The largest absolute Gasteiger partial charge is 0.286 e. The third-order valence-electron chi connectivity index (χ3n) is 1.64. The molecule has 3 heteroatoms. The minimum atomic E-state index is -0.362. The van der Waals surface area contributed by atoms with Gasteiger partial charge in [0, 0.05) is 10.3 Å². The highest BCUT2D eigenvalue weighted by Gasteiger charge is 2.21. The lowest BCUT2D eigenvalue weighted by atomic mass is 10.00. The lowest BCUT2D eigenvalue weighted by molar-refractivity contribution is -0.117. The molecule has 1 nitrogen and oxygen atoms in total. The van der Waals surface area contributed by atoms with Crippen LogP contribution in [-0.2, 0) is 4.79 Å². The summed E-state index contributed by atoms with van der Waals surface area (Å²) in [6, 6.07) is 5.95. The highest BCUT2D eigenvalue weighted by atomic mass is 32.2. The van der Waals surface area contributed by atoms with Crippen molar-refractivity contribution in [3.8, 4) is 0 Å². The van der Waals surface area contributed by atoms with Gasteiger partial charge < -0.3 is 0 Å². The second kappa shape index (κ2) is 4.13. The van der Waals surface area contributed by atoms with E-state index in [1.54, 1.807) is 12.1 Å². The monoisotopic (exact) mass is 212 g/mol. The smallest absolute Gasteiger partial charge is 0.198 e. The molecule has 0 atom stereocenters. The Morgan fingerprint density at radius 2 is 1.71 bits per heavy atom. The normalized spacial score (nSPS) is 11.4. The van der Waals surface area contributed by atoms with Crippen LogP contribution < -0.4 is 0 Å². The molecule has 1 aromatic carbocycles. The minimum Gasteiger partial charge on any atom is -0.286 e. The van der Waals surface area contributed by atoms with Gasteiger partial charge in [0.25, 0.3) is 0 Å². The summed E-state index contributed by atoms with van der Waals surface area (Å²) in [6.45, 7) is 5.60. The van der Waals surface area contributed by atoms with Crippen LogP contribution >= 0.6 is 11.8 Å². The molecular formula is C11H13FOS. The van der Waals surface area contributed by atoms with E-state index in [9.17, 15) is 9.18 Å². The number of benzene rings is 1. The molecule has 0 amide bonds. The molecular weight excluding hydrogens is 199 g/mol. The van der Waals surface area contributed by atoms with Crippen molar-refractivity contribution >= 4 is 16.9 Å². The molecule has 0 fully saturated rings. The predicted octanol–water partition coefficient (Wildman–Crippen LogP) is 3.49. The fourth-order valence-corrected chi connectivity index (χ4v) is 1.56. The minimum absolute atomic E-state index is 0.0871. The van der Waals surface area contributed by atoms with E-state index in [1.165, 1.54) is 12.1 Å². The number of rotatable bonds is 1. The van der Waals surface area contributed by atoms with E-state index in [1.807, 2.05) is 20.8 Å². The van der Waals surface area contributed by atoms with Gasteiger partial charge in [-0.2, -0.15) is 0 Å². The Balaban J connectivity index is 2.71. The average Bonchev–Trinajstić information content (AvgIpc) is 2.07. The van der Waals surface area contributed by atoms with Gasteiger partial charge in [0.15, 0.2) is 5.12 Å². The molecule has 14 heavy (non-hydrogen) atoms. The maximum Gasteiger partial charge on any atom is 0.198 e. The van der Waals surface area contributed by atoms with Crippen LogP contribution in [0.15, 0.2) is 29.2 Å². The van der Waals surface area contributed by atoms with E-state index in [2.05, 4.69) is 0 Å². The fourth-order valence-electron chi connectivity index (χ4n) is 0.763. The standard InChI is InChI=1S/C11H13FOS/c1-11(2,3)10(13)14-9-6-4-8(12)5-7-9/h4-7H,1-3H3. The summed E-state index contributed by atoms with van der Waals surface area (Å²) < 4.78 is 12.6. The van der Waals surface area contributed by atoms with Gasteiger partial charge in [0.2, 0.25) is 0 Å².